The highest BCUT2D eigenvalue weighted by molar-refractivity contribution is 6.34. The number of rotatable bonds is 8. The monoisotopic (exact) mass is 695 g/mol. The van der Waals surface area contributed by atoms with Crippen molar-refractivity contribution in [2.75, 3.05) is 50.7 Å². The maximum atomic E-state index is 15.2. The topological polar surface area (TPSA) is 87.5 Å². The summed E-state index contributed by atoms with van der Waals surface area (Å²) in [7, 11) is 0. The number of anilines is 1. The number of halogens is 2. The second-order valence-corrected chi connectivity index (χ2v) is 14.0. The highest BCUT2D eigenvalue weighted by Crippen LogP contribution is 2.38. The number of terminal acetylenes is 1. The highest BCUT2D eigenvalue weighted by atomic mass is 35.5. The molecule has 2 fully saturated rings. The van der Waals surface area contributed by atoms with Gasteiger partial charge in [0.2, 0.25) is 5.91 Å². The Bertz CT molecular complexity index is 2010. The Morgan fingerprint density at radius 1 is 0.980 bits per heavy atom. The number of carbonyl (C=O) groups is 1. The van der Waals surface area contributed by atoms with Crippen LogP contribution in [0.3, 0.4) is 0 Å². The largest absolute Gasteiger partial charge is 0.366 e. The molecule has 4 aromatic rings. The summed E-state index contributed by atoms with van der Waals surface area (Å²) >= 11 is 6.91. The third kappa shape index (κ3) is 6.90. The first-order valence-electron chi connectivity index (χ1n) is 17.4. The number of hydrogen-bond donors (Lipinski definition) is 0. The van der Waals surface area contributed by atoms with Crippen LogP contribution in [-0.4, -0.2) is 81.0 Å². The van der Waals surface area contributed by atoms with Crippen molar-refractivity contribution >= 4 is 34.2 Å². The number of piperidine rings is 1. The smallest absolute Gasteiger partial charge is 0.274 e. The van der Waals surface area contributed by atoms with E-state index < -0.39 is 11.4 Å². The fourth-order valence-corrected chi connectivity index (χ4v) is 7.21. The molecule has 5 heterocycles. The quantitative estimate of drug-likeness (QED) is 0.153. The van der Waals surface area contributed by atoms with Crippen molar-refractivity contribution in [3.63, 3.8) is 0 Å². The van der Waals surface area contributed by atoms with E-state index >= 15 is 4.39 Å². The summed E-state index contributed by atoms with van der Waals surface area (Å²) in [4.78, 5) is 48.3. The van der Waals surface area contributed by atoms with Crippen LogP contribution in [0.1, 0.15) is 75.7 Å². The van der Waals surface area contributed by atoms with Gasteiger partial charge in [-0.1, -0.05) is 69.8 Å². The molecule has 0 radical (unpaired) electrons. The number of pyridine rings is 2. The molecule has 0 bridgehead atoms. The zero-order valence-corrected chi connectivity index (χ0v) is 29.9. The maximum Gasteiger partial charge on any atom is 0.274 e. The molecule has 0 saturated carbocycles. The summed E-state index contributed by atoms with van der Waals surface area (Å²) in [6.45, 7) is 12.7. The lowest BCUT2D eigenvalue weighted by atomic mass is 10.00. The van der Waals surface area contributed by atoms with Gasteiger partial charge in [-0.15, -0.1) is 6.42 Å². The van der Waals surface area contributed by atoms with Crippen molar-refractivity contribution in [3.05, 3.63) is 87.0 Å². The van der Waals surface area contributed by atoms with E-state index in [0.717, 1.165) is 19.6 Å². The van der Waals surface area contributed by atoms with Crippen LogP contribution < -0.4 is 10.5 Å². The van der Waals surface area contributed by atoms with Crippen LogP contribution in [0.4, 0.5) is 10.1 Å². The Morgan fingerprint density at radius 3 is 2.26 bits per heavy atom. The second-order valence-electron chi connectivity index (χ2n) is 13.6. The van der Waals surface area contributed by atoms with Gasteiger partial charge < -0.3 is 9.80 Å². The van der Waals surface area contributed by atoms with Crippen molar-refractivity contribution < 1.29 is 9.18 Å². The first-order valence-corrected chi connectivity index (χ1v) is 17.8. The standard InChI is InChI=1S/C39H43ClFN7O2/c1-6-27-36(47-21-19-46(20-22-47)32(49)15-12-18-45-16-10-7-11-17-45)29-23-30(40)35(28-13-8-9-14-31(28)41)44-38(29)48(39(27)50)37-33(25(2)3)42-24-43-34(37)26(4)5/h1,8-9,12-15,23-26H,7,10-11,16-22H2,2-5H3/b15-12+. The van der Waals surface area contributed by atoms with E-state index in [9.17, 15) is 9.59 Å². The van der Waals surface area contributed by atoms with Gasteiger partial charge in [-0.25, -0.2) is 19.3 Å². The van der Waals surface area contributed by atoms with Gasteiger partial charge in [0.15, 0.2) is 0 Å². The molecule has 2 aliphatic heterocycles. The predicted molar refractivity (Wildman–Crippen MR) is 198 cm³/mol. The van der Waals surface area contributed by atoms with E-state index in [1.54, 1.807) is 30.3 Å². The summed E-state index contributed by atoms with van der Waals surface area (Å²) in [5.74, 6) is 2.02. The van der Waals surface area contributed by atoms with E-state index in [0.29, 0.717) is 54.3 Å². The van der Waals surface area contributed by atoms with Crippen LogP contribution in [-0.2, 0) is 4.79 Å². The van der Waals surface area contributed by atoms with Crippen molar-refractivity contribution in [2.45, 2.75) is 58.8 Å². The van der Waals surface area contributed by atoms with Gasteiger partial charge in [0, 0.05) is 49.7 Å². The lowest BCUT2D eigenvalue weighted by molar-refractivity contribution is -0.126. The Kier molecular flexibility index (Phi) is 10.7. The van der Waals surface area contributed by atoms with Gasteiger partial charge >= 0.3 is 0 Å². The SMILES string of the molecule is C#Cc1c(N2CCN(C(=O)/C=C/CN3CCCCC3)CC2)c2cc(Cl)c(-c3ccccc3F)nc2n(-c2c(C(C)C)ncnc2C(C)C)c1=O. The van der Waals surface area contributed by atoms with Crippen LogP contribution in [0.15, 0.2) is 53.6 Å². The van der Waals surface area contributed by atoms with E-state index in [2.05, 4.69) is 20.8 Å². The number of likely N-dealkylation sites (tertiary alicyclic amines) is 1. The minimum absolute atomic E-state index is 0.0372. The Morgan fingerprint density at radius 2 is 1.64 bits per heavy atom. The fraction of sp³-hybridized carbons (Fsp3) is 0.410. The van der Waals surface area contributed by atoms with Crippen molar-refractivity contribution in [1.29, 1.82) is 0 Å². The molecule has 260 valence electrons. The normalized spacial score (nSPS) is 15.8. The molecule has 0 unspecified atom stereocenters. The summed E-state index contributed by atoms with van der Waals surface area (Å²) in [5.41, 5.74) is 2.70. The van der Waals surface area contributed by atoms with Crippen LogP contribution in [0.5, 0.6) is 0 Å². The number of nitrogens with zero attached hydrogens (tertiary/aromatic N) is 7. The van der Waals surface area contributed by atoms with E-state index in [-0.39, 0.29) is 45.2 Å². The summed E-state index contributed by atoms with van der Waals surface area (Å²) in [5, 5.41) is 0.749. The molecule has 0 aliphatic carbocycles. The Labute approximate surface area is 297 Å². The molecular formula is C39H43ClFN7O2. The lowest BCUT2D eigenvalue weighted by Crippen LogP contribution is -2.49. The van der Waals surface area contributed by atoms with Crippen LogP contribution >= 0.6 is 11.6 Å². The number of carbonyl (C=O) groups excluding carboxylic acids is 1. The number of amides is 1. The summed E-state index contributed by atoms with van der Waals surface area (Å²) in [6.07, 6.45) is 15.0. The van der Waals surface area contributed by atoms with Crippen LogP contribution in [0, 0.1) is 18.2 Å². The number of piperazine rings is 1. The van der Waals surface area contributed by atoms with E-state index in [1.165, 1.54) is 36.2 Å². The summed E-state index contributed by atoms with van der Waals surface area (Å²) in [6, 6.07) is 7.98. The van der Waals surface area contributed by atoms with Gasteiger partial charge in [-0.2, -0.15) is 0 Å². The lowest BCUT2D eigenvalue weighted by Gasteiger charge is -2.37. The average Bonchev–Trinajstić information content (AvgIpc) is 3.11. The molecule has 11 heteroatoms. The van der Waals surface area contributed by atoms with Gasteiger partial charge in [-0.3, -0.25) is 19.1 Å². The predicted octanol–water partition coefficient (Wildman–Crippen LogP) is 6.55. The van der Waals surface area contributed by atoms with Gasteiger partial charge in [0.1, 0.15) is 23.4 Å². The maximum absolute atomic E-state index is 15.2. The fourth-order valence-electron chi connectivity index (χ4n) is 6.96. The number of aromatic nitrogens is 4. The van der Waals surface area contributed by atoms with Crippen molar-refractivity contribution in [2.24, 2.45) is 0 Å². The zero-order valence-electron chi connectivity index (χ0n) is 29.1. The molecule has 2 aliphatic rings. The third-order valence-corrected chi connectivity index (χ3v) is 9.81. The molecule has 0 N–H and O–H groups in total. The van der Waals surface area contributed by atoms with Gasteiger partial charge in [0.05, 0.1) is 33.5 Å². The molecule has 50 heavy (non-hydrogen) atoms. The molecule has 3 aromatic heterocycles. The number of hydrogen-bond acceptors (Lipinski definition) is 7. The zero-order chi connectivity index (χ0) is 35.5. The van der Waals surface area contributed by atoms with Crippen LogP contribution in [0.25, 0.3) is 28.0 Å². The van der Waals surface area contributed by atoms with Crippen molar-refractivity contribution in [3.8, 4) is 29.3 Å². The molecule has 1 amide bonds. The second kappa shape index (κ2) is 15.1. The number of benzene rings is 1. The van der Waals surface area contributed by atoms with E-state index in [1.807, 2.05) is 43.6 Å². The first-order chi connectivity index (χ1) is 24.1. The highest BCUT2D eigenvalue weighted by Gasteiger charge is 2.30. The summed E-state index contributed by atoms with van der Waals surface area (Å²) < 4.78 is 16.7. The van der Waals surface area contributed by atoms with Gasteiger partial charge in [-0.05, 0) is 56.0 Å². The average molecular weight is 696 g/mol. The molecular weight excluding hydrogens is 653 g/mol. The number of fused-ring (bicyclic) bond motifs is 1. The molecule has 6 rings (SSSR count). The molecule has 9 nitrogen and oxygen atoms in total. The van der Waals surface area contributed by atoms with Gasteiger partial charge in [0.25, 0.3) is 5.56 Å². The Hall–Kier alpha value is -4.59. The molecule has 1 aromatic carbocycles. The van der Waals surface area contributed by atoms with E-state index in [4.69, 9.17) is 23.0 Å². The first kappa shape index (κ1) is 35.2. The third-order valence-electron chi connectivity index (χ3n) is 9.53. The van der Waals surface area contributed by atoms with Crippen molar-refractivity contribution in [1.82, 2.24) is 29.3 Å². The minimum Gasteiger partial charge on any atom is -0.366 e. The molecule has 0 spiro atoms. The Balaban J connectivity index is 1.47. The van der Waals surface area contributed by atoms with Crippen LogP contribution in [0.2, 0.25) is 5.02 Å². The minimum atomic E-state index is -0.491. The molecule has 0 atom stereocenters. The molecule has 2 saturated heterocycles.